The van der Waals surface area contributed by atoms with Gasteiger partial charge in [-0.15, -0.1) is 6.58 Å². The third kappa shape index (κ3) is 5.92. The molecule has 0 fully saturated rings. The minimum atomic E-state index is 0.381. The van der Waals surface area contributed by atoms with Crippen molar-refractivity contribution in [2.75, 3.05) is 0 Å². The van der Waals surface area contributed by atoms with Crippen LogP contribution < -0.4 is 11.3 Å². The maximum absolute atomic E-state index is 5.27. The maximum Gasteiger partial charge on any atom is 0.0416 e. The zero-order valence-corrected chi connectivity index (χ0v) is 9.96. The van der Waals surface area contributed by atoms with E-state index in [0.717, 1.165) is 5.70 Å². The Morgan fingerprint density at radius 2 is 1.93 bits per heavy atom. The van der Waals surface area contributed by atoms with Gasteiger partial charge in [-0.05, 0) is 23.5 Å². The number of hydrogen-bond acceptors (Lipinski definition) is 2. The van der Waals surface area contributed by atoms with E-state index in [1.165, 1.54) is 5.57 Å². The van der Waals surface area contributed by atoms with Crippen LogP contribution in [0.1, 0.15) is 20.8 Å². The van der Waals surface area contributed by atoms with Crippen molar-refractivity contribution in [2.24, 2.45) is 17.7 Å². The van der Waals surface area contributed by atoms with Gasteiger partial charge in [0, 0.05) is 5.70 Å². The fraction of sp³-hybridized carbons (Fsp3) is 0.385. The summed E-state index contributed by atoms with van der Waals surface area (Å²) in [5, 5.41) is 0. The average molecular weight is 206 g/mol. The summed E-state index contributed by atoms with van der Waals surface area (Å²) in [4.78, 5) is 0. The van der Waals surface area contributed by atoms with Crippen LogP contribution in [0.15, 0.2) is 48.7 Å². The molecule has 0 aliphatic rings. The quantitative estimate of drug-likeness (QED) is 0.303. The van der Waals surface area contributed by atoms with Crippen molar-refractivity contribution >= 4 is 0 Å². The predicted molar refractivity (Wildman–Crippen MR) is 67.9 cm³/mol. The van der Waals surface area contributed by atoms with E-state index >= 15 is 0 Å². The third-order valence-electron chi connectivity index (χ3n) is 2.16. The van der Waals surface area contributed by atoms with Gasteiger partial charge < -0.3 is 5.43 Å². The molecular formula is C13H22N2. The first-order valence-electron chi connectivity index (χ1n) is 5.19. The Kier molecular flexibility index (Phi) is 6.47. The lowest BCUT2D eigenvalue weighted by atomic mass is 10.00. The van der Waals surface area contributed by atoms with Crippen molar-refractivity contribution in [3.05, 3.63) is 48.7 Å². The zero-order valence-electron chi connectivity index (χ0n) is 9.96. The van der Waals surface area contributed by atoms with E-state index < -0.39 is 0 Å². The Hall–Kier alpha value is -1.28. The molecule has 0 aromatic carbocycles. The first-order chi connectivity index (χ1) is 7.01. The van der Waals surface area contributed by atoms with E-state index in [9.17, 15) is 0 Å². The van der Waals surface area contributed by atoms with Crippen molar-refractivity contribution < 1.29 is 0 Å². The Morgan fingerprint density at radius 1 is 1.33 bits per heavy atom. The summed E-state index contributed by atoms with van der Waals surface area (Å²) in [7, 11) is 0. The van der Waals surface area contributed by atoms with E-state index in [1.807, 2.05) is 12.2 Å². The Labute approximate surface area is 93.2 Å². The van der Waals surface area contributed by atoms with Crippen LogP contribution in [0.25, 0.3) is 0 Å². The number of hydrazine groups is 1. The summed E-state index contributed by atoms with van der Waals surface area (Å²) in [6.07, 6.45) is 8.07. The number of rotatable bonds is 6. The van der Waals surface area contributed by atoms with Crippen LogP contribution in [0.3, 0.4) is 0 Å². The van der Waals surface area contributed by atoms with E-state index in [-0.39, 0.29) is 0 Å². The molecule has 0 aliphatic heterocycles. The normalized spacial score (nSPS) is 14.3. The number of nitrogens with one attached hydrogen (secondary N) is 1. The van der Waals surface area contributed by atoms with Crippen LogP contribution in [-0.2, 0) is 0 Å². The third-order valence-corrected chi connectivity index (χ3v) is 2.16. The molecule has 15 heavy (non-hydrogen) atoms. The van der Waals surface area contributed by atoms with Crippen LogP contribution in [0, 0.1) is 11.8 Å². The molecule has 1 unspecified atom stereocenters. The summed E-state index contributed by atoms with van der Waals surface area (Å²) in [5.74, 6) is 6.10. The Bertz CT molecular complexity index is 272. The Balaban J connectivity index is 4.68. The van der Waals surface area contributed by atoms with Crippen molar-refractivity contribution in [3.8, 4) is 0 Å². The first-order valence-corrected chi connectivity index (χ1v) is 5.19. The second-order valence-electron chi connectivity index (χ2n) is 3.92. The monoisotopic (exact) mass is 206 g/mol. The van der Waals surface area contributed by atoms with Crippen LogP contribution in [0.2, 0.25) is 0 Å². The topological polar surface area (TPSA) is 38.0 Å². The smallest absolute Gasteiger partial charge is 0.0416 e. The molecule has 0 saturated carbocycles. The van der Waals surface area contributed by atoms with Gasteiger partial charge in [-0.3, -0.25) is 5.84 Å². The molecule has 2 nitrogen and oxygen atoms in total. The number of hydrogen-bond donors (Lipinski definition) is 2. The second kappa shape index (κ2) is 7.07. The summed E-state index contributed by atoms with van der Waals surface area (Å²) < 4.78 is 0. The van der Waals surface area contributed by atoms with Crippen molar-refractivity contribution in [3.63, 3.8) is 0 Å². The molecule has 0 heterocycles. The van der Waals surface area contributed by atoms with E-state index in [2.05, 4.69) is 51.5 Å². The lowest BCUT2D eigenvalue weighted by Gasteiger charge is -2.08. The summed E-state index contributed by atoms with van der Waals surface area (Å²) in [5.41, 5.74) is 4.44. The second-order valence-corrected chi connectivity index (χ2v) is 3.92. The predicted octanol–water partition coefficient (Wildman–Crippen LogP) is 2.92. The van der Waals surface area contributed by atoms with Crippen molar-refractivity contribution in [1.29, 1.82) is 0 Å². The maximum atomic E-state index is 5.27. The SMILES string of the molecule is C=CC(C)/C=C\C(=C/C(=C)NN)C(C)C. The molecule has 0 amide bonds. The van der Waals surface area contributed by atoms with Crippen LogP contribution in [0.4, 0.5) is 0 Å². The fourth-order valence-electron chi connectivity index (χ4n) is 0.992. The molecule has 0 spiro atoms. The zero-order chi connectivity index (χ0) is 11.8. The van der Waals surface area contributed by atoms with Gasteiger partial charge in [0.15, 0.2) is 0 Å². The average Bonchev–Trinajstić information content (AvgIpc) is 2.22. The minimum Gasteiger partial charge on any atom is -0.325 e. The fourth-order valence-corrected chi connectivity index (χ4v) is 0.992. The van der Waals surface area contributed by atoms with Crippen molar-refractivity contribution in [1.82, 2.24) is 5.43 Å². The lowest BCUT2D eigenvalue weighted by Crippen LogP contribution is -2.19. The molecule has 0 aromatic rings. The van der Waals surface area contributed by atoms with Crippen molar-refractivity contribution in [2.45, 2.75) is 20.8 Å². The molecular weight excluding hydrogens is 184 g/mol. The summed E-state index contributed by atoms with van der Waals surface area (Å²) in [6.45, 7) is 13.9. The Morgan fingerprint density at radius 3 is 2.33 bits per heavy atom. The number of nitrogens with two attached hydrogens (primary N) is 1. The molecule has 0 radical (unpaired) electrons. The molecule has 84 valence electrons. The molecule has 3 N–H and O–H groups in total. The number of allylic oxidation sites excluding steroid dienone is 5. The highest BCUT2D eigenvalue weighted by Gasteiger charge is 2.00. The highest BCUT2D eigenvalue weighted by molar-refractivity contribution is 5.29. The van der Waals surface area contributed by atoms with Gasteiger partial charge in [0.2, 0.25) is 0 Å². The summed E-state index contributed by atoms with van der Waals surface area (Å²) >= 11 is 0. The highest BCUT2D eigenvalue weighted by atomic mass is 15.2. The molecule has 0 bridgehead atoms. The lowest BCUT2D eigenvalue weighted by molar-refractivity contribution is 0.782. The molecule has 0 aromatic heterocycles. The van der Waals surface area contributed by atoms with Gasteiger partial charge in [-0.1, -0.05) is 45.6 Å². The van der Waals surface area contributed by atoms with Gasteiger partial charge in [-0.2, -0.15) is 0 Å². The minimum absolute atomic E-state index is 0.381. The van der Waals surface area contributed by atoms with E-state index in [1.54, 1.807) is 0 Å². The van der Waals surface area contributed by atoms with Crippen LogP contribution in [-0.4, -0.2) is 0 Å². The van der Waals surface area contributed by atoms with Gasteiger partial charge in [-0.25, -0.2) is 0 Å². The molecule has 0 saturated heterocycles. The molecule has 2 heteroatoms. The van der Waals surface area contributed by atoms with E-state index in [4.69, 9.17) is 5.84 Å². The van der Waals surface area contributed by atoms with Gasteiger partial charge >= 0.3 is 0 Å². The largest absolute Gasteiger partial charge is 0.325 e. The van der Waals surface area contributed by atoms with Gasteiger partial charge in [0.25, 0.3) is 0 Å². The van der Waals surface area contributed by atoms with Gasteiger partial charge in [0.05, 0.1) is 0 Å². The summed E-state index contributed by atoms with van der Waals surface area (Å²) in [6, 6.07) is 0. The standard InChI is InChI=1S/C13H22N2/c1-6-11(4)7-8-13(10(2)3)9-12(5)15-14/h6-11,15H,1,5,14H2,2-4H3/b8-7-,13-9+. The first kappa shape index (κ1) is 13.7. The van der Waals surface area contributed by atoms with Crippen LogP contribution >= 0.6 is 0 Å². The van der Waals surface area contributed by atoms with Gasteiger partial charge in [0.1, 0.15) is 0 Å². The highest BCUT2D eigenvalue weighted by Crippen LogP contribution is 2.14. The molecule has 0 rings (SSSR count). The van der Waals surface area contributed by atoms with E-state index in [0.29, 0.717) is 11.8 Å². The molecule has 1 atom stereocenters. The van der Waals surface area contributed by atoms with Crippen LogP contribution in [0.5, 0.6) is 0 Å². The molecule has 0 aliphatic carbocycles.